The first-order valence-electron chi connectivity index (χ1n) is 18.5. The third-order valence-electron chi connectivity index (χ3n) is 11.0. The number of fused-ring (bicyclic) bond motifs is 10. The van der Waals surface area contributed by atoms with Crippen LogP contribution in [0.5, 0.6) is 0 Å². The normalized spacial score (nSPS) is 12.0. The van der Waals surface area contributed by atoms with Crippen LogP contribution < -0.4 is 0 Å². The predicted octanol–water partition coefficient (Wildman–Crippen LogP) is 13.5. The van der Waals surface area contributed by atoms with Crippen molar-refractivity contribution < 1.29 is 8.83 Å². The molecule has 55 heavy (non-hydrogen) atoms. The van der Waals surface area contributed by atoms with Crippen LogP contribution in [0, 0.1) is 0 Å². The molecule has 0 aliphatic heterocycles. The Balaban J connectivity index is 1.09. The molecule has 0 aliphatic rings. The van der Waals surface area contributed by atoms with Gasteiger partial charge in [-0.2, -0.15) is 4.98 Å². The second kappa shape index (κ2) is 11.5. The molecule has 8 aromatic carbocycles. The average Bonchev–Trinajstić information content (AvgIpc) is 3.91. The first kappa shape index (κ1) is 30.0. The van der Waals surface area contributed by atoms with Crippen molar-refractivity contribution in [3.63, 3.8) is 0 Å². The van der Waals surface area contributed by atoms with Crippen LogP contribution in [0.2, 0.25) is 0 Å². The van der Waals surface area contributed by atoms with Crippen molar-refractivity contribution in [3.8, 4) is 39.5 Å². The van der Waals surface area contributed by atoms with E-state index < -0.39 is 0 Å². The summed E-state index contributed by atoms with van der Waals surface area (Å²) >= 11 is 0. The summed E-state index contributed by atoms with van der Waals surface area (Å²) < 4.78 is 15.2. The van der Waals surface area contributed by atoms with Gasteiger partial charge in [0.1, 0.15) is 16.7 Å². The monoisotopic (exact) mass is 703 g/mol. The van der Waals surface area contributed by atoms with Crippen LogP contribution in [0.25, 0.3) is 116 Å². The highest BCUT2D eigenvalue weighted by molar-refractivity contribution is 6.18. The standard InChI is InChI=1S/C50H29N3O2/c1-2-16-35(17-3-1)53-41-21-8-6-19-38(41)46-36(20-11-22-42(46)53)32-14-10-15-34(27-32)49-51-48(33-25-24-30-12-4-5-13-31(30)26-33)47-40-28-39-37-18-7-9-23-43(37)54-44(39)29-45(40)55-50(47)52-49/h1-29H. The Labute approximate surface area is 314 Å². The van der Waals surface area contributed by atoms with E-state index >= 15 is 0 Å². The van der Waals surface area contributed by atoms with E-state index in [1.807, 2.05) is 24.3 Å². The molecule has 0 saturated heterocycles. The van der Waals surface area contributed by atoms with E-state index in [-0.39, 0.29) is 0 Å². The molecule has 256 valence electrons. The number of aromatic nitrogens is 3. The zero-order valence-corrected chi connectivity index (χ0v) is 29.4. The lowest BCUT2D eigenvalue weighted by molar-refractivity contribution is 0.647. The second-order valence-corrected chi connectivity index (χ2v) is 14.2. The van der Waals surface area contributed by atoms with Crippen molar-refractivity contribution in [1.82, 2.24) is 14.5 Å². The molecule has 0 amide bonds. The molecule has 12 aromatic rings. The summed E-state index contributed by atoms with van der Waals surface area (Å²) in [4.78, 5) is 10.5. The zero-order valence-electron chi connectivity index (χ0n) is 29.4. The first-order chi connectivity index (χ1) is 27.2. The quantitative estimate of drug-likeness (QED) is 0.183. The maximum absolute atomic E-state index is 6.62. The molecule has 0 spiro atoms. The van der Waals surface area contributed by atoms with Gasteiger partial charge >= 0.3 is 0 Å². The Morgan fingerprint density at radius 3 is 2.07 bits per heavy atom. The topological polar surface area (TPSA) is 57.0 Å². The number of rotatable bonds is 4. The van der Waals surface area contributed by atoms with Gasteiger partial charge < -0.3 is 13.4 Å². The summed E-state index contributed by atoms with van der Waals surface area (Å²) in [7, 11) is 0. The van der Waals surface area contributed by atoms with Gasteiger partial charge in [0.05, 0.1) is 22.1 Å². The fourth-order valence-corrected chi connectivity index (χ4v) is 8.51. The van der Waals surface area contributed by atoms with Crippen LogP contribution >= 0.6 is 0 Å². The predicted molar refractivity (Wildman–Crippen MR) is 225 cm³/mol. The van der Waals surface area contributed by atoms with E-state index in [0.29, 0.717) is 17.1 Å². The molecule has 0 fully saturated rings. The number of para-hydroxylation sites is 3. The molecular weight excluding hydrogens is 675 g/mol. The van der Waals surface area contributed by atoms with E-state index in [2.05, 4.69) is 156 Å². The third kappa shape index (κ3) is 4.53. The van der Waals surface area contributed by atoms with Gasteiger partial charge in [0.2, 0.25) is 5.71 Å². The SMILES string of the molecule is c1ccc(-n2c3ccccc3c3c(-c4cccc(-c5nc(-c6ccc7ccccc7c6)c6c(n5)oc5cc7oc8ccccc8c7cc56)c4)cccc32)cc1. The maximum atomic E-state index is 6.62. The fraction of sp³-hybridized carbons (Fsp3) is 0. The van der Waals surface area contributed by atoms with Gasteiger partial charge in [-0.15, -0.1) is 0 Å². The Kier molecular flexibility index (Phi) is 6.27. The van der Waals surface area contributed by atoms with Crippen molar-refractivity contribution in [2.45, 2.75) is 0 Å². The summed E-state index contributed by atoms with van der Waals surface area (Å²) in [6, 6.07) is 61.6. The summed E-state index contributed by atoms with van der Waals surface area (Å²) in [5.74, 6) is 0.601. The number of benzene rings is 8. The van der Waals surface area contributed by atoms with E-state index in [1.54, 1.807) is 0 Å². The Morgan fingerprint density at radius 1 is 0.400 bits per heavy atom. The fourth-order valence-electron chi connectivity index (χ4n) is 8.51. The molecule has 5 heteroatoms. The molecule has 4 aromatic heterocycles. The van der Waals surface area contributed by atoms with E-state index in [0.717, 1.165) is 77.2 Å². The van der Waals surface area contributed by atoms with Gasteiger partial charge in [0, 0.05) is 49.8 Å². The van der Waals surface area contributed by atoms with Crippen LogP contribution in [0.3, 0.4) is 0 Å². The maximum Gasteiger partial charge on any atom is 0.231 e. The Hall–Kier alpha value is -7.50. The molecule has 0 bridgehead atoms. The third-order valence-corrected chi connectivity index (χ3v) is 11.0. The van der Waals surface area contributed by atoms with Gasteiger partial charge in [-0.05, 0) is 70.4 Å². The molecular formula is C50H29N3O2. The molecule has 0 radical (unpaired) electrons. The highest BCUT2D eigenvalue weighted by Gasteiger charge is 2.22. The highest BCUT2D eigenvalue weighted by atomic mass is 16.3. The summed E-state index contributed by atoms with van der Waals surface area (Å²) in [5.41, 5.74) is 11.3. The van der Waals surface area contributed by atoms with Crippen LogP contribution in [0.1, 0.15) is 0 Å². The molecule has 0 unspecified atom stereocenters. The zero-order chi connectivity index (χ0) is 36.0. The minimum atomic E-state index is 0.540. The number of hydrogen-bond donors (Lipinski definition) is 0. The van der Waals surface area contributed by atoms with Crippen molar-refractivity contribution in [3.05, 3.63) is 176 Å². The van der Waals surface area contributed by atoms with E-state index in [4.69, 9.17) is 18.8 Å². The Bertz CT molecular complexity index is 3500. The molecule has 0 N–H and O–H groups in total. The lowest BCUT2D eigenvalue weighted by Crippen LogP contribution is -1.95. The van der Waals surface area contributed by atoms with Crippen molar-refractivity contribution in [1.29, 1.82) is 0 Å². The molecule has 0 atom stereocenters. The van der Waals surface area contributed by atoms with Crippen LogP contribution in [-0.2, 0) is 0 Å². The molecule has 0 saturated carbocycles. The largest absolute Gasteiger partial charge is 0.456 e. The minimum absolute atomic E-state index is 0.540. The van der Waals surface area contributed by atoms with Crippen molar-refractivity contribution >= 4 is 76.6 Å². The molecule has 5 nitrogen and oxygen atoms in total. The van der Waals surface area contributed by atoms with E-state index in [1.165, 1.54) is 21.7 Å². The average molecular weight is 704 g/mol. The van der Waals surface area contributed by atoms with E-state index in [9.17, 15) is 0 Å². The molecule has 12 rings (SSSR count). The lowest BCUT2D eigenvalue weighted by atomic mass is 9.97. The van der Waals surface area contributed by atoms with Gasteiger partial charge in [0.15, 0.2) is 5.82 Å². The van der Waals surface area contributed by atoms with Crippen LogP contribution in [0.15, 0.2) is 185 Å². The highest BCUT2D eigenvalue weighted by Crippen LogP contribution is 2.42. The van der Waals surface area contributed by atoms with Gasteiger partial charge in [0.25, 0.3) is 0 Å². The smallest absolute Gasteiger partial charge is 0.231 e. The van der Waals surface area contributed by atoms with Crippen LogP contribution in [0.4, 0.5) is 0 Å². The number of furan rings is 2. The number of nitrogens with zero attached hydrogens (tertiary/aromatic N) is 3. The molecule has 0 aliphatic carbocycles. The summed E-state index contributed by atoms with van der Waals surface area (Å²) in [5, 5.41) is 8.69. The van der Waals surface area contributed by atoms with Gasteiger partial charge in [-0.3, -0.25) is 0 Å². The Morgan fingerprint density at radius 2 is 1.15 bits per heavy atom. The first-order valence-corrected chi connectivity index (χ1v) is 18.5. The number of hydrogen-bond acceptors (Lipinski definition) is 4. The summed E-state index contributed by atoms with van der Waals surface area (Å²) in [6.07, 6.45) is 0. The minimum Gasteiger partial charge on any atom is -0.456 e. The molecule has 4 heterocycles. The van der Waals surface area contributed by atoms with Crippen molar-refractivity contribution in [2.75, 3.05) is 0 Å². The second-order valence-electron chi connectivity index (χ2n) is 14.2. The lowest BCUT2D eigenvalue weighted by Gasteiger charge is -2.11. The van der Waals surface area contributed by atoms with Crippen molar-refractivity contribution in [2.24, 2.45) is 0 Å². The van der Waals surface area contributed by atoms with Crippen LogP contribution in [-0.4, -0.2) is 14.5 Å². The van der Waals surface area contributed by atoms with Gasteiger partial charge in [-0.25, -0.2) is 4.98 Å². The van der Waals surface area contributed by atoms with Gasteiger partial charge in [-0.1, -0.05) is 121 Å². The summed E-state index contributed by atoms with van der Waals surface area (Å²) in [6.45, 7) is 0.